The van der Waals surface area contributed by atoms with Gasteiger partial charge in [0.1, 0.15) is 5.41 Å². The highest BCUT2D eigenvalue weighted by Crippen LogP contribution is 2.47. The molecule has 2 aromatic carbocycles. The van der Waals surface area contributed by atoms with Crippen molar-refractivity contribution in [3.63, 3.8) is 0 Å². The lowest BCUT2D eigenvalue weighted by atomic mass is 10.0. The third kappa shape index (κ3) is 3.35. The second-order valence-electron chi connectivity index (χ2n) is 8.83. The van der Waals surface area contributed by atoms with E-state index in [0.29, 0.717) is 25.9 Å². The van der Waals surface area contributed by atoms with Crippen LogP contribution in [0.2, 0.25) is 0 Å². The van der Waals surface area contributed by atoms with E-state index in [-0.39, 0.29) is 11.9 Å². The van der Waals surface area contributed by atoms with Gasteiger partial charge in [0.15, 0.2) is 0 Å². The van der Waals surface area contributed by atoms with Gasteiger partial charge < -0.3 is 15.5 Å². The monoisotopic (exact) mass is 404 g/mol. The molecule has 6 nitrogen and oxygen atoms in total. The van der Waals surface area contributed by atoms with E-state index >= 15 is 0 Å². The van der Waals surface area contributed by atoms with Crippen LogP contribution in [0.25, 0.3) is 0 Å². The van der Waals surface area contributed by atoms with E-state index in [1.54, 1.807) is 0 Å². The number of nitrogens with two attached hydrogens (primary N) is 1. The normalized spacial score (nSPS) is 22.6. The molecule has 2 fully saturated rings. The first-order chi connectivity index (χ1) is 14.6. The minimum absolute atomic E-state index is 0.0909. The lowest BCUT2D eigenvalue weighted by Gasteiger charge is -2.43. The van der Waals surface area contributed by atoms with Crippen LogP contribution in [-0.2, 0) is 22.7 Å². The number of carbonyl (C=O) groups excluding carboxylic acids is 2. The Bertz CT molecular complexity index is 957. The van der Waals surface area contributed by atoms with E-state index in [4.69, 9.17) is 5.73 Å². The van der Waals surface area contributed by atoms with Crippen molar-refractivity contribution in [2.45, 2.75) is 32.0 Å². The topological polar surface area (TPSA) is 69.9 Å². The standard InChI is InChI=1S/C24H28N4O2/c25-22(29)24(10-11-24)23(30)27-15-19-8-4-5-9-21(19)28-13-12-26(16-20(28)17-27)14-18-6-2-1-3-7-18/h1-9,20H,10-17H2,(H2,25,29). The van der Waals surface area contributed by atoms with Gasteiger partial charge >= 0.3 is 0 Å². The van der Waals surface area contributed by atoms with Crippen molar-refractivity contribution in [1.82, 2.24) is 9.80 Å². The van der Waals surface area contributed by atoms with Gasteiger partial charge in [0, 0.05) is 45.0 Å². The summed E-state index contributed by atoms with van der Waals surface area (Å²) in [6.45, 7) is 4.86. The molecule has 2 amide bonds. The van der Waals surface area contributed by atoms with Crippen LogP contribution in [-0.4, -0.2) is 53.8 Å². The van der Waals surface area contributed by atoms with E-state index < -0.39 is 11.3 Å². The molecule has 2 N–H and O–H groups in total. The Hall–Kier alpha value is -2.86. The summed E-state index contributed by atoms with van der Waals surface area (Å²) in [5, 5.41) is 0. The quantitative estimate of drug-likeness (QED) is 0.792. The molecule has 1 saturated heterocycles. The first-order valence-corrected chi connectivity index (χ1v) is 10.8. The number of para-hydroxylation sites is 1. The number of hydrogen-bond acceptors (Lipinski definition) is 4. The predicted octanol–water partition coefficient (Wildman–Crippen LogP) is 1.99. The number of rotatable bonds is 4. The predicted molar refractivity (Wildman–Crippen MR) is 116 cm³/mol. The van der Waals surface area contributed by atoms with Gasteiger partial charge in [-0.2, -0.15) is 0 Å². The molecule has 1 unspecified atom stereocenters. The van der Waals surface area contributed by atoms with E-state index in [9.17, 15) is 9.59 Å². The number of anilines is 1. The number of benzene rings is 2. The molecule has 2 heterocycles. The molecule has 0 aromatic heterocycles. The summed E-state index contributed by atoms with van der Waals surface area (Å²) in [7, 11) is 0. The van der Waals surface area contributed by atoms with Crippen LogP contribution < -0.4 is 10.6 Å². The summed E-state index contributed by atoms with van der Waals surface area (Å²) in [4.78, 5) is 32.1. The fraction of sp³-hybridized carbons (Fsp3) is 0.417. The van der Waals surface area contributed by atoms with Crippen LogP contribution in [0.3, 0.4) is 0 Å². The Balaban J connectivity index is 1.41. The number of primary amides is 1. The van der Waals surface area contributed by atoms with Gasteiger partial charge in [0.2, 0.25) is 11.8 Å². The average molecular weight is 405 g/mol. The van der Waals surface area contributed by atoms with Gasteiger partial charge in [0.05, 0.1) is 6.04 Å². The van der Waals surface area contributed by atoms with Crippen molar-refractivity contribution in [1.29, 1.82) is 0 Å². The molecule has 156 valence electrons. The third-order valence-electron chi connectivity index (χ3n) is 6.83. The maximum Gasteiger partial charge on any atom is 0.238 e. The third-order valence-corrected chi connectivity index (χ3v) is 6.83. The maximum absolute atomic E-state index is 13.3. The fourth-order valence-corrected chi connectivity index (χ4v) is 4.98. The van der Waals surface area contributed by atoms with Crippen LogP contribution in [0.4, 0.5) is 5.69 Å². The van der Waals surface area contributed by atoms with Crippen molar-refractivity contribution in [2.24, 2.45) is 11.1 Å². The number of hydrogen-bond donors (Lipinski definition) is 1. The summed E-state index contributed by atoms with van der Waals surface area (Å²) >= 11 is 0. The smallest absolute Gasteiger partial charge is 0.238 e. The van der Waals surface area contributed by atoms with Crippen molar-refractivity contribution < 1.29 is 9.59 Å². The largest absolute Gasteiger partial charge is 0.369 e. The van der Waals surface area contributed by atoms with Gasteiger partial charge in [0.25, 0.3) is 0 Å². The molecule has 1 saturated carbocycles. The Kier molecular flexibility index (Phi) is 4.74. The van der Waals surface area contributed by atoms with E-state index in [1.165, 1.54) is 11.3 Å². The highest BCUT2D eigenvalue weighted by Gasteiger charge is 2.57. The van der Waals surface area contributed by atoms with Gasteiger partial charge in [-0.15, -0.1) is 0 Å². The molecule has 3 aliphatic rings. The molecule has 2 aliphatic heterocycles. The number of fused-ring (bicyclic) bond motifs is 3. The van der Waals surface area contributed by atoms with Crippen LogP contribution in [0.1, 0.15) is 24.0 Å². The van der Waals surface area contributed by atoms with Gasteiger partial charge in [-0.05, 0) is 30.0 Å². The SMILES string of the molecule is NC(=O)C1(C(=O)N2Cc3ccccc3N3CCN(Cc4ccccc4)CC3C2)CC1. The van der Waals surface area contributed by atoms with Gasteiger partial charge in [-0.1, -0.05) is 48.5 Å². The molecule has 5 rings (SSSR count). The fourth-order valence-electron chi connectivity index (χ4n) is 4.98. The minimum Gasteiger partial charge on any atom is -0.369 e. The summed E-state index contributed by atoms with van der Waals surface area (Å²) in [6, 6.07) is 19.0. The second-order valence-corrected chi connectivity index (χ2v) is 8.83. The highest BCUT2D eigenvalue weighted by molar-refractivity contribution is 6.07. The molecule has 1 aliphatic carbocycles. The number of amides is 2. The zero-order chi connectivity index (χ0) is 20.7. The van der Waals surface area contributed by atoms with Crippen LogP contribution in [0.15, 0.2) is 54.6 Å². The lowest BCUT2D eigenvalue weighted by molar-refractivity contribution is -0.143. The summed E-state index contributed by atoms with van der Waals surface area (Å²) in [6.07, 6.45) is 1.15. The molecule has 0 radical (unpaired) electrons. The maximum atomic E-state index is 13.3. The highest BCUT2D eigenvalue weighted by atomic mass is 16.2. The summed E-state index contributed by atoms with van der Waals surface area (Å²) < 4.78 is 0. The Morgan fingerprint density at radius 1 is 0.967 bits per heavy atom. The molecular formula is C24H28N4O2. The molecule has 2 aromatic rings. The Labute approximate surface area is 177 Å². The summed E-state index contributed by atoms with van der Waals surface area (Å²) in [5.74, 6) is -0.567. The second kappa shape index (κ2) is 7.43. The molecule has 6 heteroatoms. The average Bonchev–Trinajstić information content (AvgIpc) is 3.58. The number of nitrogens with zero attached hydrogens (tertiary/aromatic N) is 3. The van der Waals surface area contributed by atoms with Crippen LogP contribution >= 0.6 is 0 Å². The van der Waals surface area contributed by atoms with E-state index in [0.717, 1.165) is 31.7 Å². The van der Waals surface area contributed by atoms with Crippen molar-refractivity contribution in [2.75, 3.05) is 31.1 Å². The number of piperazine rings is 1. The zero-order valence-electron chi connectivity index (χ0n) is 17.2. The van der Waals surface area contributed by atoms with Crippen molar-refractivity contribution in [3.8, 4) is 0 Å². The Morgan fingerprint density at radius 3 is 2.43 bits per heavy atom. The zero-order valence-corrected chi connectivity index (χ0v) is 17.2. The number of carbonyl (C=O) groups is 2. The van der Waals surface area contributed by atoms with E-state index in [2.05, 4.69) is 52.3 Å². The van der Waals surface area contributed by atoms with Crippen LogP contribution in [0, 0.1) is 5.41 Å². The van der Waals surface area contributed by atoms with E-state index in [1.807, 2.05) is 17.0 Å². The van der Waals surface area contributed by atoms with Crippen molar-refractivity contribution >= 4 is 17.5 Å². The molecule has 1 atom stereocenters. The molecular weight excluding hydrogens is 376 g/mol. The molecule has 0 bridgehead atoms. The van der Waals surface area contributed by atoms with Gasteiger partial charge in [-0.3, -0.25) is 14.5 Å². The first-order valence-electron chi connectivity index (χ1n) is 10.8. The van der Waals surface area contributed by atoms with Gasteiger partial charge in [-0.25, -0.2) is 0 Å². The first kappa shape index (κ1) is 19.1. The Morgan fingerprint density at radius 2 is 1.70 bits per heavy atom. The lowest BCUT2D eigenvalue weighted by Crippen LogP contribution is -2.57. The molecule has 30 heavy (non-hydrogen) atoms. The van der Waals surface area contributed by atoms with Crippen LogP contribution in [0.5, 0.6) is 0 Å². The van der Waals surface area contributed by atoms with Crippen molar-refractivity contribution in [3.05, 3.63) is 65.7 Å². The summed E-state index contributed by atoms with van der Waals surface area (Å²) in [5.41, 5.74) is 8.30. The minimum atomic E-state index is -0.970. The molecule has 0 spiro atoms.